The molecular weight excluding hydrogens is 196 g/mol. The van der Waals surface area contributed by atoms with E-state index < -0.39 is 5.97 Å². The van der Waals surface area contributed by atoms with Crippen molar-refractivity contribution in [1.82, 2.24) is 10.2 Å². The molecule has 0 radical (unpaired) electrons. The smallest absolute Gasteiger partial charge is 0.304 e. The molecule has 3 N–H and O–H groups in total. The number of aliphatic hydroxyl groups is 1. The summed E-state index contributed by atoms with van der Waals surface area (Å²) >= 11 is 0. The third-order valence-corrected chi connectivity index (χ3v) is 2.69. The number of rotatable bonds is 6. The van der Waals surface area contributed by atoms with Crippen LogP contribution in [0.15, 0.2) is 0 Å². The zero-order chi connectivity index (χ0) is 11.1. The molecule has 1 heterocycles. The highest BCUT2D eigenvalue weighted by atomic mass is 16.4. The fraction of sp³-hybridized carbons (Fsp3) is 0.900. The summed E-state index contributed by atoms with van der Waals surface area (Å²) in [6.07, 6.45) is 2.43. The Hall–Kier alpha value is -0.650. The minimum absolute atomic E-state index is 0.158. The Morgan fingerprint density at radius 3 is 3.00 bits per heavy atom. The summed E-state index contributed by atoms with van der Waals surface area (Å²) in [6, 6.07) is 0.402. The van der Waals surface area contributed by atoms with Crippen molar-refractivity contribution in [1.29, 1.82) is 0 Å². The van der Waals surface area contributed by atoms with E-state index in [1.807, 2.05) is 0 Å². The number of piperidine rings is 1. The third-order valence-electron chi connectivity index (χ3n) is 2.69. The summed E-state index contributed by atoms with van der Waals surface area (Å²) < 4.78 is 0. The monoisotopic (exact) mass is 216 g/mol. The predicted molar refractivity (Wildman–Crippen MR) is 56.8 cm³/mol. The molecule has 1 saturated heterocycles. The van der Waals surface area contributed by atoms with Crippen molar-refractivity contribution >= 4 is 5.97 Å². The minimum Gasteiger partial charge on any atom is -0.481 e. The van der Waals surface area contributed by atoms with Crippen LogP contribution < -0.4 is 5.32 Å². The fourth-order valence-electron chi connectivity index (χ4n) is 1.95. The van der Waals surface area contributed by atoms with Crippen LogP contribution in [0.3, 0.4) is 0 Å². The van der Waals surface area contributed by atoms with Gasteiger partial charge in [-0.05, 0) is 19.4 Å². The molecule has 5 nitrogen and oxygen atoms in total. The van der Waals surface area contributed by atoms with Gasteiger partial charge >= 0.3 is 5.97 Å². The number of aliphatic hydroxyl groups excluding tert-OH is 1. The van der Waals surface area contributed by atoms with Gasteiger partial charge < -0.3 is 20.4 Å². The molecule has 1 atom stereocenters. The van der Waals surface area contributed by atoms with Crippen LogP contribution in [0.4, 0.5) is 0 Å². The number of nitrogens with zero attached hydrogens (tertiary/aromatic N) is 1. The zero-order valence-corrected chi connectivity index (χ0v) is 8.98. The third kappa shape index (κ3) is 5.11. The van der Waals surface area contributed by atoms with Crippen LogP contribution in [0.2, 0.25) is 0 Å². The van der Waals surface area contributed by atoms with E-state index in [0.29, 0.717) is 19.1 Å². The lowest BCUT2D eigenvalue weighted by Gasteiger charge is -2.32. The van der Waals surface area contributed by atoms with E-state index in [1.54, 1.807) is 0 Å². The number of likely N-dealkylation sites (tertiary alicyclic amines) is 1. The van der Waals surface area contributed by atoms with E-state index in [4.69, 9.17) is 10.2 Å². The average Bonchev–Trinajstić information content (AvgIpc) is 2.24. The Kier molecular flexibility index (Phi) is 5.60. The maximum absolute atomic E-state index is 10.4. The van der Waals surface area contributed by atoms with Gasteiger partial charge in [0.2, 0.25) is 0 Å². The number of carbonyl (C=O) groups is 1. The summed E-state index contributed by atoms with van der Waals surface area (Å²) in [6.45, 7) is 3.30. The van der Waals surface area contributed by atoms with Crippen molar-refractivity contribution in [3.63, 3.8) is 0 Å². The van der Waals surface area contributed by atoms with E-state index in [1.165, 1.54) is 0 Å². The Labute approximate surface area is 90.1 Å². The first-order chi connectivity index (χ1) is 7.22. The first-order valence-electron chi connectivity index (χ1n) is 5.50. The van der Waals surface area contributed by atoms with Crippen LogP contribution in [0, 0.1) is 0 Å². The van der Waals surface area contributed by atoms with Gasteiger partial charge in [0.05, 0.1) is 13.0 Å². The number of hydrogen-bond acceptors (Lipinski definition) is 4. The topological polar surface area (TPSA) is 72.8 Å². The maximum Gasteiger partial charge on any atom is 0.304 e. The average molecular weight is 216 g/mol. The molecule has 0 aromatic heterocycles. The van der Waals surface area contributed by atoms with Crippen LogP contribution in [0.25, 0.3) is 0 Å². The molecule has 1 unspecified atom stereocenters. The lowest BCUT2D eigenvalue weighted by atomic mass is 10.1. The second kappa shape index (κ2) is 6.76. The van der Waals surface area contributed by atoms with Gasteiger partial charge in [-0.15, -0.1) is 0 Å². The number of carboxylic acids is 1. The molecule has 1 aliphatic heterocycles. The molecule has 0 aromatic rings. The Bertz CT molecular complexity index is 199. The van der Waals surface area contributed by atoms with Crippen molar-refractivity contribution in [3.05, 3.63) is 0 Å². The zero-order valence-electron chi connectivity index (χ0n) is 8.98. The van der Waals surface area contributed by atoms with Crippen molar-refractivity contribution in [2.45, 2.75) is 25.3 Å². The van der Waals surface area contributed by atoms with Gasteiger partial charge in [-0.3, -0.25) is 4.79 Å². The van der Waals surface area contributed by atoms with E-state index in [-0.39, 0.29) is 13.0 Å². The lowest BCUT2D eigenvalue weighted by molar-refractivity contribution is -0.137. The van der Waals surface area contributed by atoms with Crippen molar-refractivity contribution in [3.8, 4) is 0 Å². The molecule has 15 heavy (non-hydrogen) atoms. The molecule has 1 fully saturated rings. The molecule has 0 bridgehead atoms. The van der Waals surface area contributed by atoms with Crippen molar-refractivity contribution in [2.24, 2.45) is 0 Å². The Balaban J connectivity index is 2.19. The van der Waals surface area contributed by atoms with Gasteiger partial charge in [0.25, 0.3) is 0 Å². The summed E-state index contributed by atoms with van der Waals surface area (Å²) in [5, 5.41) is 20.5. The molecule has 1 rings (SSSR count). The normalized spacial score (nSPS) is 22.9. The SMILES string of the molecule is O=C(O)CCN1CCCC(NCCO)C1. The fourth-order valence-corrected chi connectivity index (χ4v) is 1.95. The van der Waals surface area contributed by atoms with Crippen molar-refractivity contribution < 1.29 is 15.0 Å². The molecule has 0 saturated carbocycles. The summed E-state index contributed by atoms with van der Waals surface area (Å²) in [4.78, 5) is 12.6. The molecule has 1 aliphatic rings. The summed E-state index contributed by atoms with van der Waals surface area (Å²) in [5.41, 5.74) is 0. The van der Waals surface area contributed by atoms with Crippen LogP contribution in [0.1, 0.15) is 19.3 Å². The van der Waals surface area contributed by atoms with Gasteiger partial charge in [-0.2, -0.15) is 0 Å². The van der Waals surface area contributed by atoms with E-state index in [2.05, 4.69) is 10.2 Å². The van der Waals surface area contributed by atoms with E-state index in [0.717, 1.165) is 25.9 Å². The van der Waals surface area contributed by atoms with Gasteiger partial charge in [0, 0.05) is 25.7 Å². The highest BCUT2D eigenvalue weighted by molar-refractivity contribution is 5.66. The minimum atomic E-state index is -0.736. The number of nitrogens with one attached hydrogen (secondary N) is 1. The lowest BCUT2D eigenvalue weighted by Crippen LogP contribution is -2.46. The second-order valence-electron chi connectivity index (χ2n) is 3.96. The molecule has 0 amide bonds. The standard InChI is InChI=1S/C10H20N2O3/c13-7-4-11-9-2-1-5-12(8-9)6-3-10(14)15/h9,11,13H,1-8H2,(H,14,15). The largest absolute Gasteiger partial charge is 0.481 e. The second-order valence-corrected chi connectivity index (χ2v) is 3.96. The van der Waals surface area contributed by atoms with Crippen molar-refractivity contribution in [2.75, 3.05) is 32.8 Å². The summed E-state index contributed by atoms with van der Waals surface area (Å²) in [5.74, 6) is -0.736. The molecule has 0 aromatic carbocycles. The number of aliphatic carboxylic acids is 1. The van der Waals surface area contributed by atoms with Gasteiger partial charge in [-0.25, -0.2) is 0 Å². The van der Waals surface area contributed by atoms with Gasteiger partial charge in [-0.1, -0.05) is 0 Å². The quantitative estimate of drug-likeness (QED) is 0.558. The maximum atomic E-state index is 10.4. The predicted octanol–water partition coefficient (Wildman–Crippen LogP) is -0.493. The Morgan fingerprint density at radius 2 is 2.33 bits per heavy atom. The van der Waals surface area contributed by atoms with Crippen LogP contribution in [-0.4, -0.2) is 59.9 Å². The summed E-state index contributed by atoms with van der Waals surface area (Å²) in [7, 11) is 0. The van der Waals surface area contributed by atoms with Crippen LogP contribution in [0.5, 0.6) is 0 Å². The van der Waals surface area contributed by atoms with E-state index >= 15 is 0 Å². The van der Waals surface area contributed by atoms with Crippen LogP contribution in [-0.2, 0) is 4.79 Å². The first kappa shape index (κ1) is 12.4. The first-order valence-corrected chi connectivity index (χ1v) is 5.50. The molecular formula is C10H20N2O3. The number of carboxylic acid groups (broad SMARTS) is 1. The highest BCUT2D eigenvalue weighted by Gasteiger charge is 2.19. The Morgan fingerprint density at radius 1 is 1.53 bits per heavy atom. The van der Waals surface area contributed by atoms with E-state index in [9.17, 15) is 4.79 Å². The molecule has 0 aliphatic carbocycles. The number of hydrogen-bond donors (Lipinski definition) is 3. The van der Waals surface area contributed by atoms with Gasteiger partial charge in [0.1, 0.15) is 0 Å². The van der Waals surface area contributed by atoms with Crippen LogP contribution >= 0.6 is 0 Å². The van der Waals surface area contributed by atoms with Gasteiger partial charge in [0.15, 0.2) is 0 Å². The highest BCUT2D eigenvalue weighted by Crippen LogP contribution is 2.10. The molecule has 88 valence electrons. The molecule has 0 spiro atoms. The molecule has 5 heteroatoms.